The van der Waals surface area contributed by atoms with Crippen LogP contribution in [0.2, 0.25) is 0 Å². The summed E-state index contributed by atoms with van der Waals surface area (Å²) in [5.74, 6) is -0.130. The van der Waals surface area contributed by atoms with Gasteiger partial charge in [0.2, 0.25) is 0 Å². The predicted molar refractivity (Wildman–Crippen MR) is 73.4 cm³/mol. The lowest BCUT2D eigenvalue weighted by Gasteiger charge is -2.12. The lowest BCUT2D eigenvalue weighted by atomic mass is 10.1. The van der Waals surface area contributed by atoms with E-state index < -0.39 is 0 Å². The first-order valence-corrected chi connectivity index (χ1v) is 7.30. The van der Waals surface area contributed by atoms with E-state index in [0.717, 1.165) is 19.4 Å². The van der Waals surface area contributed by atoms with Gasteiger partial charge in [0.15, 0.2) is 0 Å². The second kappa shape index (κ2) is 9.92. The minimum atomic E-state index is -0.130. The smallest absolute Gasteiger partial charge is 0.332 e. The number of carbonyl (C=O) groups is 1. The molecule has 0 fully saturated rings. The van der Waals surface area contributed by atoms with E-state index in [1.165, 1.54) is 43.6 Å². The molecule has 1 aliphatic rings. The van der Waals surface area contributed by atoms with Crippen LogP contribution in [0.25, 0.3) is 0 Å². The van der Waals surface area contributed by atoms with Gasteiger partial charge in [0.1, 0.15) is 6.34 Å². The summed E-state index contributed by atoms with van der Waals surface area (Å²) in [6.07, 6.45) is 12.1. The van der Waals surface area contributed by atoms with Gasteiger partial charge in [-0.3, -0.25) is 4.99 Å². The number of hydrogen-bond donors (Lipinski definition) is 0. The van der Waals surface area contributed by atoms with Crippen molar-refractivity contribution in [2.24, 2.45) is 4.99 Å². The highest BCUT2D eigenvalue weighted by molar-refractivity contribution is 5.70. The zero-order valence-electron chi connectivity index (χ0n) is 11.6. The molecule has 18 heavy (non-hydrogen) atoms. The molecule has 0 bridgehead atoms. The maximum absolute atomic E-state index is 11.4. The molecular weight excluding hydrogens is 228 g/mol. The van der Waals surface area contributed by atoms with Crippen molar-refractivity contribution >= 4 is 12.3 Å². The Morgan fingerprint density at radius 1 is 1.17 bits per heavy atom. The molecule has 1 heterocycles. The van der Waals surface area contributed by atoms with E-state index >= 15 is 0 Å². The third-order valence-electron chi connectivity index (χ3n) is 3.11. The summed E-state index contributed by atoms with van der Waals surface area (Å²) in [4.78, 5) is 20.6. The van der Waals surface area contributed by atoms with Gasteiger partial charge in [0, 0.05) is 6.42 Å². The van der Waals surface area contributed by atoms with Crippen molar-refractivity contribution < 1.29 is 9.63 Å². The summed E-state index contributed by atoms with van der Waals surface area (Å²) in [5.41, 5.74) is 0. The van der Waals surface area contributed by atoms with Crippen LogP contribution < -0.4 is 0 Å². The lowest BCUT2D eigenvalue weighted by molar-refractivity contribution is -0.170. The van der Waals surface area contributed by atoms with Crippen LogP contribution in [0.4, 0.5) is 0 Å². The zero-order valence-corrected chi connectivity index (χ0v) is 11.6. The number of hydroxylamine groups is 2. The second-order valence-corrected chi connectivity index (χ2v) is 4.85. The SMILES string of the molecule is CCCCCCCCCCC(=O)ON1C=NCC1. The largest absolute Gasteiger partial charge is 0.340 e. The van der Waals surface area contributed by atoms with Crippen LogP contribution in [-0.4, -0.2) is 30.5 Å². The first-order valence-electron chi connectivity index (χ1n) is 7.30. The number of rotatable bonds is 10. The summed E-state index contributed by atoms with van der Waals surface area (Å²) in [7, 11) is 0. The van der Waals surface area contributed by atoms with Gasteiger partial charge in [0.25, 0.3) is 0 Å². The van der Waals surface area contributed by atoms with Crippen LogP contribution in [0.1, 0.15) is 64.7 Å². The van der Waals surface area contributed by atoms with Crippen LogP contribution in [0.3, 0.4) is 0 Å². The molecule has 0 radical (unpaired) electrons. The van der Waals surface area contributed by atoms with E-state index in [1.54, 1.807) is 6.34 Å². The number of aliphatic imine (C=N–C) groups is 1. The Morgan fingerprint density at radius 2 is 1.83 bits per heavy atom. The summed E-state index contributed by atoms with van der Waals surface area (Å²) in [6.45, 7) is 3.66. The van der Waals surface area contributed by atoms with Gasteiger partial charge in [-0.25, -0.2) is 4.79 Å². The minimum Gasteiger partial charge on any atom is -0.340 e. The Hall–Kier alpha value is -1.06. The average molecular weight is 254 g/mol. The summed E-state index contributed by atoms with van der Waals surface area (Å²) < 4.78 is 0. The number of carbonyl (C=O) groups excluding carboxylic acids is 1. The molecule has 0 amide bonds. The Morgan fingerprint density at radius 3 is 2.44 bits per heavy atom. The summed E-state index contributed by atoms with van der Waals surface area (Å²) in [6, 6.07) is 0. The van der Waals surface area contributed by atoms with Crippen LogP contribution >= 0.6 is 0 Å². The van der Waals surface area contributed by atoms with E-state index in [0.29, 0.717) is 13.0 Å². The minimum absolute atomic E-state index is 0.130. The van der Waals surface area contributed by atoms with Crippen molar-refractivity contribution in [1.82, 2.24) is 5.06 Å². The molecule has 1 aliphatic heterocycles. The highest BCUT2D eigenvalue weighted by Crippen LogP contribution is 2.10. The fraction of sp³-hybridized carbons (Fsp3) is 0.857. The highest BCUT2D eigenvalue weighted by Gasteiger charge is 2.11. The molecule has 0 saturated heterocycles. The van der Waals surface area contributed by atoms with Crippen molar-refractivity contribution in [3.63, 3.8) is 0 Å². The predicted octanol–water partition coefficient (Wildman–Crippen LogP) is 3.32. The molecule has 0 aromatic rings. The van der Waals surface area contributed by atoms with Gasteiger partial charge in [-0.1, -0.05) is 51.9 Å². The van der Waals surface area contributed by atoms with Crippen molar-refractivity contribution in [3.05, 3.63) is 0 Å². The number of hydrogen-bond acceptors (Lipinski definition) is 4. The zero-order chi connectivity index (χ0) is 13.1. The van der Waals surface area contributed by atoms with Gasteiger partial charge in [-0.15, -0.1) is 0 Å². The molecular formula is C14H26N2O2. The molecule has 1 rings (SSSR count). The fourth-order valence-corrected chi connectivity index (χ4v) is 2.01. The molecule has 0 unspecified atom stereocenters. The first-order chi connectivity index (χ1) is 8.83. The van der Waals surface area contributed by atoms with Crippen LogP contribution in [0, 0.1) is 0 Å². The van der Waals surface area contributed by atoms with Gasteiger partial charge in [-0.05, 0) is 6.42 Å². The Labute approximate surface area is 110 Å². The third kappa shape index (κ3) is 7.30. The molecule has 4 nitrogen and oxygen atoms in total. The molecule has 0 atom stereocenters. The van der Waals surface area contributed by atoms with Crippen LogP contribution in [0.15, 0.2) is 4.99 Å². The Bertz CT molecular complexity index is 254. The molecule has 0 aromatic heterocycles. The topological polar surface area (TPSA) is 41.9 Å². The molecule has 0 N–H and O–H groups in total. The molecule has 0 spiro atoms. The third-order valence-corrected chi connectivity index (χ3v) is 3.11. The maximum atomic E-state index is 11.4. The standard InChI is InChI=1S/C14H26N2O2/c1-2-3-4-5-6-7-8-9-10-14(17)18-16-12-11-15-13-16/h13H,2-12H2,1H3. The summed E-state index contributed by atoms with van der Waals surface area (Å²) >= 11 is 0. The van der Waals surface area contributed by atoms with Gasteiger partial charge >= 0.3 is 5.97 Å². The maximum Gasteiger partial charge on any atom is 0.332 e. The van der Waals surface area contributed by atoms with Crippen LogP contribution in [-0.2, 0) is 9.63 Å². The van der Waals surface area contributed by atoms with E-state index in [2.05, 4.69) is 11.9 Å². The van der Waals surface area contributed by atoms with E-state index in [1.807, 2.05) is 0 Å². The molecule has 0 saturated carbocycles. The van der Waals surface area contributed by atoms with Gasteiger partial charge in [0.05, 0.1) is 13.1 Å². The number of nitrogens with zero attached hydrogens (tertiary/aromatic N) is 2. The fourth-order valence-electron chi connectivity index (χ4n) is 2.01. The normalized spacial score (nSPS) is 14.2. The van der Waals surface area contributed by atoms with E-state index in [9.17, 15) is 4.79 Å². The van der Waals surface area contributed by atoms with Crippen molar-refractivity contribution in [2.75, 3.05) is 13.1 Å². The first kappa shape index (κ1) is 15.0. The number of unbranched alkanes of at least 4 members (excludes halogenated alkanes) is 7. The van der Waals surface area contributed by atoms with Gasteiger partial charge in [-0.2, -0.15) is 5.06 Å². The monoisotopic (exact) mass is 254 g/mol. The highest BCUT2D eigenvalue weighted by atomic mass is 16.7. The molecule has 4 heteroatoms. The van der Waals surface area contributed by atoms with Crippen molar-refractivity contribution in [1.29, 1.82) is 0 Å². The molecule has 0 aromatic carbocycles. The van der Waals surface area contributed by atoms with Gasteiger partial charge < -0.3 is 4.84 Å². The molecule has 0 aliphatic carbocycles. The summed E-state index contributed by atoms with van der Waals surface area (Å²) in [5, 5.41) is 1.52. The quantitative estimate of drug-likeness (QED) is 0.562. The Kier molecular flexibility index (Phi) is 8.26. The van der Waals surface area contributed by atoms with E-state index in [-0.39, 0.29) is 5.97 Å². The lowest BCUT2D eigenvalue weighted by Crippen LogP contribution is -2.24. The van der Waals surface area contributed by atoms with E-state index in [4.69, 9.17) is 4.84 Å². The van der Waals surface area contributed by atoms with Crippen molar-refractivity contribution in [2.45, 2.75) is 64.7 Å². The Balaban J connectivity index is 1.85. The van der Waals surface area contributed by atoms with Crippen LogP contribution in [0.5, 0.6) is 0 Å². The molecule has 104 valence electrons. The average Bonchev–Trinajstić information content (AvgIpc) is 2.85. The van der Waals surface area contributed by atoms with Crippen molar-refractivity contribution in [3.8, 4) is 0 Å². The second-order valence-electron chi connectivity index (χ2n) is 4.85.